The van der Waals surface area contributed by atoms with Gasteiger partial charge in [0.15, 0.2) is 0 Å². The fraction of sp³-hybridized carbons (Fsp3) is 1.00. The number of hydrogen-bond donors (Lipinski definition) is 0. The molecule has 8 atom stereocenters. The summed E-state index contributed by atoms with van der Waals surface area (Å²) < 4.78 is 0. The Morgan fingerprint density at radius 1 is 0.882 bits per heavy atom. The Morgan fingerprint density at radius 3 is 1.88 bits per heavy atom. The summed E-state index contributed by atoms with van der Waals surface area (Å²) in [7, 11) is 0. The highest BCUT2D eigenvalue weighted by Crippen LogP contribution is 2.85. The van der Waals surface area contributed by atoms with E-state index in [4.69, 9.17) is 0 Å². The molecule has 0 saturated heterocycles. The largest absolute Gasteiger partial charge is 0.297 e. The summed E-state index contributed by atoms with van der Waals surface area (Å²) >= 11 is 0. The van der Waals surface area contributed by atoms with E-state index in [0.717, 1.165) is 23.3 Å². The summed E-state index contributed by atoms with van der Waals surface area (Å²) in [5, 5.41) is 0. The third-order valence-electron chi connectivity index (χ3n) is 7.94. The van der Waals surface area contributed by atoms with Gasteiger partial charge in [0.05, 0.1) is 0 Å². The monoisotopic (exact) mass is 231 g/mol. The van der Waals surface area contributed by atoms with Crippen LogP contribution in [0.25, 0.3) is 0 Å². The van der Waals surface area contributed by atoms with Gasteiger partial charge >= 0.3 is 0 Å². The van der Waals surface area contributed by atoms with Crippen LogP contribution in [0, 0.1) is 41.4 Å². The molecule has 0 amide bonds. The molecule has 6 fully saturated rings. The third-order valence-corrected chi connectivity index (χ3v) is 7.94. The summed E-state index contributed by atoms with van der Waals surface area (Å²) in [6.45, 7) is 7.42. The number of nitrogens with zero attached hydrogens (tertiary/aromatic N) is 1. The maximum atomic E-state index is 2.93. The van der Waals surface area contributed by atoms with Gasteiger partial charge in [0.2, 0.25) is 0 Å². The highest BCUT2D eigenvalue weighted by molar-refractivity contribution is 5.35. The van der Waals surface area contributed by atoms with Crippen LogP contribution >= 0.6 is 0 Å². The predicted molar refractivity (Wildman–Crippen MR) is 68.6 cm³/mol. The molecule has 6 saturated carbocycles. The van der Waals surface area contributed by atoms with Gasteiger partial charge in [-0.05, 0) is 80.2 Å². The van der Waals surface area contributed by atoms with Crippen molar-refractivity contribution in [3.63, 3.8) is 0 Å². The molecule has 0 aromatic rings. The van der Waals surface area contributed by atoms with E-state index in [-0.39, 0.29) is 0 Å². The smallest absolute Gasteiger partial charge is 0.0304 e. The molecule has 0 N–H and O–H groups in total. The lowest BCUT2D eigenvalue weighted by Gasteiger charge is -2.53. The fourth-order valence-electron chi connectivity index (χ4n) is 8.36. The van der Waals surface area contributed by atoms with Gasteiger partial charge in [-0.15, -0.1) is 0 Å². The third kappa shape index (κ3) is 0.715. The lowest BCUT2D eigenvalue weighted by Crippen LogP contribution is -2.60. The van der Waals surface area contributed by atoms with Gasteiger partial charge in [0.25, 0.3) is 0 Å². The molecule has 6 aliphatic carbocycles. The van der Waals surface area contributed by atoms with Crippen molar-refractivity contribution < 1.29 is 0 Å². The van der Waals surface area contributed by atoms with E-state index in [2.05, 4.69) is 18.7 Å². The van der Waals surface area contributed by atoms with E-state index in [1.165, 1.54) is 36.8 Å². The minimum absolute atomic E-state index is 0.727. The Balaban J connectivity index is 1.69. The highest BCUT2D eigenvalue weighted by atomic mass is 15.3. The number of rotatable bonds is 3. The van der Waals surface area contributed by atoms with Crippen molar-refractivity contribution in [2.45, 2.75) is 45.1 Å². The van der Waals surface area contributed by atoms with Crippen molar-refractivity contribution in [2.24, 2.45) is 41.4 Å². The maximum absolute atomic E-state index is 2.93. The van der Waals surface area contributed by atoms with Crippen LogP contribution in [0.2, 0.25) is 0 Å². The average Bonchev–Trinajstić information content (AvgIpc) is 3.10. The van der Waals surface area contributed by atoms with Crippen LogP contribution in [0.5, 0.6) is 0 Å². The first kappa shape index (κ1) is 9.83. The Morgan fingerprint density at radius 2 is 1.41 bits per heavy atom. The second-order valence-corrected chi connectivity index (χ2v) is 7.44. The van der Waals surface area contributed by atoms with Crippen molar-refractivity contribution in [1.29, 1.82) is 0 Å². The minimum atomic E-state index is 0.727. The summed E-state index contributed by atoms with van der Waals surface area (Å²) in [4.78, 5) is 2.93. The fourth-order valence-corrected chi connectivity index (χ4v) is 8.36. The quantitative estimate of drug-likeness (QED) is 0.722. The van der Waals surface area contributed by atoms with E-state index in [1.807, 2.05) is 0 Å². The van der Waals surface area contributed by atoms with Crippen LogP contribution < -0.4 is 0 Å². The van der Waals surface area contributed by atoms with Crippen molar-refractivity contribution in [1.82, 2.24) is 4.90 Å². The molecule has 2 unspecified atom stereocenters. The average molecular weight is 231 g/mol. The minimum Gasteiger partial charge on any atom is -0.297 e. The van der Waals surface area contributed by atoms with Crippen LogP contribution in [-0.4, -0.2) is 23.5 Å². The van der Waals surface area contributed by atoms with E-state index in [1.54, 1.807) is 25.7 Å². The van der Waals surface area contributed by atoms with E-state index >= 15 is 0 Å². The Bertz CT molecular complexity index is 346. The van der Waals surface area contributed by atoms with E-state index < -0.39 is 0 Å². The van der Waals surface area contributed by atoms with E-state index in [0.29, 0.717) is 0 Å². The first-order chi connectivity index (χ1) is 8.35. The van der Waals surface area contributed by atoms with Gasteiger partial charge in [0, 0.05) is 5.54 Å². The van der Waals surface area contributed by atoms with Crippen LogP contribution in [0.3, 0.4) is 0 Å². The topological polar surface area (TPSA) is 3.24 Å². The molecule has 6 aliphatic rings. The molecule has 17 heavy (non-hydrogen) atoms. The van der Waals surface area contributed by atoms with Gasteiger partial charge in [0.1, 0.15) is 0 Å². The number of hydrogen-bond acceptors (Lipinski definition) is 1. The summed E-state index contributed by atoms with van der Waals surface area (Å²) in [6.07, 6.45) is 6.37. The first-order valence-corrected chi connectivity index (χ1v) is 8.10. The Kier molecular flexibility index (Phi) is 1.60. The standard InChI is InChI=1S/C16H25N/c1-3-17(4-2)16-11-7-5-9-13(11)14-10(15(9)16)6-8-12(14)16/h9-15H,3-8H2,1-2H3/t9-,10+,11+,12-,13-,14+,15?,16?. The van der Waals surface area contributed by atoms with Gasteiger partial charge < -0.3 is 0 Å². The lowest BCUT2D eigenvalue weighted by atomic mass is 9.64. The van der Waals surface area contributed by atoms with Crippen molar-refractivity contribution in [2.75, 3.05) is 13.1 Å². The SMILES string of the molecule is CCN(CC)C12C3[C@H]4CC[C@@H]1[C@H]4[C@@H]1[C@H]3CC[C@@H]12. The predicted octanol–water partition coefficient (Wildman–Crippen LogP) is 3.01. The van der Waals surface area contributed by atoms with Crippen molar-refractivity contribution in [3.05, 3.63) is 0 Å². The molecule has 6 rings (SSSR count). The van der Waals surface area contributed by atoms with Crippen LogP contribution in [0.4, 0.5) is 0 Å². The second kappa shape index (κ2) is 2.76. The maximum Gasteiger partial charge on any atom is 0.0304 e. The Hall–Kier alpha value is -0.0400. The van der Waals surface area contributed by atoms with Gasteiger partial charge in [-0.3, -0.25) is 4.90 Å². The molecule has 0 aliphatic heterocycles. The van der Waals surface area contributed by atoms with Crippen molar-refractivity contribution in [3.8, 4) is 0 Å². The molecule has 1 nitrogen and oxygen atoms in total. The van der Waals surface area contributed by atoms with E-state index in [9.17, 15) is 0 Å². The molecule has 8 bridgehead atoms. The zero-order valence-electron chi connectivity index (χ0n) is 11.2. The second-order valence-electron chi connectivity index (χ2n) is 7.44. The Labute approximate surface area is 105 Å². The van der Waals surface area contributed by atoms with Gasteiger partial charge in [-0.2, -0.15) is 0 Å². The summed E-state index contributed by atoms with van der Waals surface area (Å²) in [6, 6.07) is 0. The summed E-state index contributed by atoms with van der Waals surface area (Å²) in [5.41, 5.74) is 0.727. The summed E-state index contributed by atoms with van der Waals surface area (Å²) in [5.74, 6) is 8.14. The molecule has 0 heterocycles. The molecule has 0 spiro atoms. The van der Waals surface area contributed by atoms with Crippen LogP contribution in [-0.2, 0) is 0 Å². The first-order valence-electron chi connectivity index (χ1n) is 8.10. The van der Waals surface area contributed by atoms with Crippen LogP contribution in [0.15, 0.2) is 0 Å². The molecule has 0 radical (unpaired) electrons. The van der Waals surface area contributed by atoms with Crippen molar-refractivity contribution >= 4 is 0 Å². The molecule has 0 aromatic carbocycles. The molecule has 1 heteroatoms. The normalized spacial score (nSPS) is 64.8. The zero-order chi connectivity index (χ0) is 11.4. The van der Waals surface area contributed by atoms with Gasteiger partial charge in [-0.1, -0.05) is 13.8 Å². The lowest BCUT2D eigenvalue weighted by molar-refractivity contribution is -0.0418. The molecule has 0 aromatic heterocycles. The highest BCUT2D eigenvalue weighted by Gasteiger charge is 2.84. The molecular weight excluding hydrogens is 206 g/mol. The molecule has 94 valence electrons. The molecular formula is C16H25N. The van der Waals surface area contributed by atoms with Gasteiger partial charge in [-0.25, -0.2) is 0 Å². The van der Waals surface area contributed by atoms with Crippen LogP contribution in [0.1, 0.15) is 39.5 Å². The zero-order valence-corrected chi connectivity index (χ0v) is 11.2.